The minimum atomic E-state index is -0.504. The average molecular weight is 866 g/mol. The van der Waals surface area contributed by atoms with Gasteiger partial charge in [0.15, 0.2) is 0 Å². The van der Waals surface area contributed by atoms with Gasteiger partial charge in [0.05, 0.1) is 27.8 Å². The first kappa shape index (κ1) is 38.4. The van der Waals surface area contributed by atoms with Crippen LogP contribution < -0.4 is 9.80 Å². The van der Waals surface area contributed by atoms with Crippen LogP contribution in [0.15, 0.2) is 261 Å². The molecule has 0 saturated carbocycles. The highest BCUT2D eigenvalue weighted by atomic mass is 15.2. The molecule has 0 amide bonds. The molecule has 0 radical (unpaired) electrons. The highest BCUT2D eigenvalue weighted by molar-refractivity contribution is 6.13. The lowest BCUT2D eigenvalue weighted by molar-refractivity contribution is 0.749. The Labute approximate surface area is 395 Å². The average Bonchev–Trinajstić information content (AvgIpc) is 3.90. The Bertz CT molecular complexity index is 3860. The molecule has 0 saturated heterocycles. The molecule has 1 aliphatic carbocycles. The summed E-state index contributed by atoms with van der Waals surface area (Å²) in [4.78, 5) is 4.71. The molecule has 12 aromatic rings. The summed E-state index contributed by atoms with van der Waals surface area (Å²) in [6, 6.07) is 95.9. The summed E-state index contributed by atoms with van der Waals surface area (Å²) in [6.45, 7) is 0. The van der Waals surface area contributed by atoms with Crippen LogP contribution in [0.4, 0.5) is 34.1 Å². The number of nitrogens with zero attached hydrogens (tertiary/aromatic N) is 3. The van der Waals surface area contributed by atoms with Crippen LogP contribution in [0.2, 0.25) is 0 Å². The highest BCUT2D eigenvalue weighted by Crippen LogP contribution is 2.61. The van der Waals surface area contributed by atoms with Gasteiger partial charge in [-0.3, -0.25) is 0 Å². The normalized spacial score (nSPS) is 14.2. The minimum Gasteiger partial charge on any atom is -0.311 e. The van der Waals surface area contributed by atoms with E-state index in [2.05, 4.69) is 275 Å². The van der Waals surface area contributed by atoms with E-state index in [1.165, 1.54) is 82.8 Å². The van der Waals surface area contributed by atoms with Crippen molar-refractivity contribution in [3.8, 4) is 27.9 Å². The van der Waals surface area contributed by atoms with Crippen molar-refractivity contribution in [2.24, 2.45) is 0 Å². The summed E-state index contributed by atoms with van der Waals surface area (Å²) in [7, 11) is 0. The molecule has 1 aliphatic heterocycles. The third-order valence-corrected chi connectivity index (χ3v) is 14.6. The molecule has 0 fully saturated rings. The van der Waals surface area contributed by atoms with Crippen molar-refractivity contribution < 1.29 is 0 Å². The molecule has 1 unspecified atom stereocenters. The molecule has 3 nitrogen and oxygen atoms in total. The number of hydrogen-bond donors (Lipinski definition) is 0. The van der Waals surface area contributed by atoms with Crippen LogP contribution in [0, 0.1) is 0 Å². The largest absolute Gasteiger partial charge is 0.311 e. The van der Waals surface area contributed by atoms with Gasteiger partial charge in [-0.15, -0.1) is 0 Å². The van der Waals surface area contributed by atoms with E-state index in [-0.39, 0.29) is 0 Å². The Morgan fingerprint density at radius 1 is 0.309 bits per heavy atom. The molecule has 3 heteroatoms. The second-order valence-corrected chi connectivity index (χ2v) is 18.0. The molecule has 318 valence electrons. The number of benzene rings is 11. The predicted molar refractivity (Wildman–Crippen MR) is 284 cm³/mol. The molecule has 1 aromatic heterocycles. The fourth-order valence-corrected chi connectivity index (χ4v) is 11.7. The van der Waals surface area contributed by atoms with Gasteiger partial charge in [-0.1, -0.05) is 176 Å². The topological polar surface area (TPSA) is 11.4 Å². The predicted octanol–water partition coefficient (Wildman–Crippen LogP) is 17.2. The first-order chi connectivity index (χ1) is 33.8. The molecular formula is C65H43N3. The molecule has 0 bridgehead atoms. The van der Waals surface area contributed by atoms with Gasteiger partial charge in [0.2, 0.25) is 0 Å². The number of fused-ring (bicyclic) bond motifs is 13. The fourth-order valence-electron chi connectivity index (χ4n) is 11.7. The lowest BCUT2D eigenvalue weighted by Crippen LogP contribution is -2.33. The zero-order valence-electron chi connectivity index (χ0n) is 37.2. The summed E-state index contributed by atoms with van der Waals surface area (Å²) in [5, 5.41) is 4.98. The Kier molecular flexibility index (Phi) is 8.50. The van der Waals surface area contributed by atoms with E-state index >= 15 is 0 Å². The standard InChI is InChI=1S/C65H43N3/c1-3-19-47(20-4-1)66(48-21-5-2-6-22-48)49-38-40-51(41-39-49)67(61-32-15-18-45-17-7-8-23-52(45)61)50-36-33-44(34-37-50)46-35-42-54-53-24-9-11-27-57(53)65(60(54)43-46)58-28-12-14-31-63(58)68-62-30-13-10-25-55(62)56-26-16-29-59(65)64(56)68/h1-43H. The minimum absolute atomic E-state index is 0.504. The van der Waals surface area contributed by atoms with Gasteiger partial charge in [-0.2, -0.15) is 0 Å². The highest BCUT2D eigenvalue weighted by Gasteiger charge is 2.50. The third-order valence-electron chi connectivity index (χ3n) is 14.6. The Balaban J connectivity index is 0.914. The quantitative estimate of drug-likeness (QED) is 0.158. The summed E-state index contributed by atoms with van der Waals surface area (Å²) in [6.07, 6.45) is 0. The van der Waals surface area contributed by atoms with Gasteiger partial charge in [-0.25, -0.2) is 0 Å². The van der Waals surface area contributed by atoms with Crippen molar-refractivity contribution in [1.29, 1.82) is 0 Å². The summed E-state index contributed by atoms with van der Waals surface area (Å²) < 4.78 is 2.52. The Hall–Kier alpha value is -8.92. The van der Waals surface area contributed by atoms with Gasteiger partial charge >= 0.3 is 0 Å². The Morgan fingerprint density at radius 2 is 0.824 bits per heavy atom. The van der Waals surface area contributed by atoms with Gasteiger partial charge in [0.1, 0.15) is 0 Å². The maximum absolute atomic E-state index is 2.52. The van der Waals surface area contributed by atoms with Crippen molar-refractivity contribution in [2.45, 2.75) is 5.41 Å². The first-order valence-electron chi connectivity index (χ1n) is 23.5. The molecule has 2 heterocycles. The van der Waals surface area contributed by atoms with Crippen molar-refractivity contribution in [2.75, 3.05) is 9.80 Å². The molecule has 0 N–H and O–H groups in total. The number of para-hydroxylation sites is 5. The maximum atomic E-state index is 2.52. The summed E-state index contributed by atoms with van der Waals surface area (Å²) >= 11 is 0. The van der Waals surface area contributed by atoms with Crippen molar-refractivity contribution in [3.63, 3.8) is 0 Å². The molecule has 1 spiro atoms. The van der Waals surface area contributed by atoms with E-state index in [9.17, 15) is 0 Å². The van der Waals surface area contributed by atoms with E-state index in [1.807, 2.05) is 0 Å². The van der Waals surface area contributed by atoms with E-state index in [0.717, 1.165) is 34.1 Å². The molecule has 68 heavy (non-hydrogen) atoms. The van der Waals surface area contributed by atoms with Crippen molar-refractivity contribution in [3.05, 3.63) is 283 Å². The molecule has 2 aliphatic rings. The zero-order valence-corrected chi connectivity index (χ0v) is 37.2. The maximum Gasteiger partial charge on any atom is 0.0754 e. The van der Waals surface area contributed by atoms with Crippen LogP contribution in [0.25, 0.3) is 60.5 Å². The van der Waals surface area contributed by atoms with Crippen molar-refractivity contribution >= 4 is 66.7 Å². The molecule has 14 rings (SSSR count). The number of rotatable bonds is 7. The first-order valence-corrected chi connectivity index (χ1v) is 23.5. The zero-order chi connectivity index (χ0) is 44.8. The molecule has 1 atom stereocenters. The third kappa shape index (κ3) is 5.54. The van der Waals surface area contributed by atoms with Crippen LogP contribution in [-0.4, -0.2) is 4.57 Å². The fraction of sp³-hybridized carbons (Fsp3) is 0.0154. The monoisotopic (exact) mass is 865 g/mol. The van der Waals surface area contributed by atoms with Gasteiger partial charge < -0.3 is 14.4 Å². The molecule has 11 aromatic carbocycles. The van der Waals surface area contributed by atoms with Crippen molar-refractivity contribution in [1.82, 2.24) is 4.57 Å². The van der Waals surface area contributed by atoms with Crippen LogP contribution in [-0.2, 0) is 5.41 Å². The van der Waals surface area contributed by atoms with E-state index in [4.69, 9.17) is 0 Å². The van der Waals surface area contributed by atoms with Crippen LogP contribution in [0.5, 0.6) is 0 Å². The van der Waals surface area contributed by atoms with E-state index < -0.39 is 5.41 Å². The van der Waals surface area contributed by atoms with Gasteiger partial charge in [-0.05, 0) is 135 Å². The summed E-state index contributed by atoms with van der Waals surface area (Å²) in [5.41, 5.74) is 20.2. The molecular weight excluding hydrogens is 823 g/mol. The number of aromatic nitrogens is 1. The van der Waals surface area contributed by atoms with Gasteiger partial charge in [0.25, 0.3) is 0 Å². The van der Waals surface area contributed by atoms with Gasteiger partial charge in [0, 0.05) is 44.6 Å². The van der Waals surface area contributed by atoms with Crippen LogP contribution in [0.3, 0.4) is 0 Å². The Morgan fingerprint density at radius 3 is 1.59 bits per heavy atom. The van der Waals surface area contributed by atoms with Crippen LogP contribution >= 0.6 is 0 Å². The van der Waals surface area contributed by atoms with E-state index in [0.29, 0.717) is 0 Å². The van der Waals surface area contributed by atoms with Crippen LogP contribution in [0.1, 0.15) is 22.3 Å². The number of anilines is 6. The second-order valence-electron chi connectivity index (χ2n) is 18.0. The second kappa shape index (κ2) is 15.1. The lowest BCUT2D eigenvalue weighted by Gasteiger charge is -2.39. The van der Waals surface area contributed by atoms with E-state index in [1.54, 1.807) is 0 Å². The SMILES string of the molecule is c1ccc(N(c2ccccc2)c2ccc(N(c3ccc(-c4ccc5c(c4)C4(c6ccccc6-5)c5ccccc5-n5c6ccccc6c6cccc4c65)cc3)c3cccc4ccccc34)cc2)cc1. The summed E-state index contributed by atoms with van der Waals surface area (Å²) in [5.74, 6) is 0. The smallest absolute Gasteiger partial charge is 0.0754 e. The lowest BCUT2D eigenvalue weighted by atomic mass is 9.65. The number of hydrogen-bond acceptors (Lipinski definition) is 2.